The van der Waals surface area contributed by atoms with Crippen LogP contribution in [0.5, 0.6) is 0 Å². The minimum atomic E-state index is 1.00. The Bertz CT molecular complexity index is 76.5. The summed E-state index contributed by atoms with van der Waals surface area (Å²) in [5.74, 6) is 0. The van der Waals surface area contributed by atoms with Crippen LogP contribution >= 0.6 is 0 Å². The quantitative estimate of drug-likeness (QED) is 0.673. The Labute approximate surface area is 89.1 Å². The van der Waals surface area contributed by atoms with Gasteiger partial charge in [-0.3, -0.25) is 0 Å². The Hall–Kier alpha value is -0.160. The van der Waals surface area contributed by atoms with E-state index in [4.69, 9.17) is 10.2 Å². The number of hydrogen-bond acceptors (Lipinski definition) is 4. The van der Waals surface area contributed by atoms with E-state index in [1.54, 1.807) is 0 Å². The van der Waals surface area contributed by atoms with Gasteiger partial charge in [0.25, 0.3) is 0 Å². The Morgan fingerprint density at radius 3 is 1.36 bits per heavy atom. The number of likely N-dealkylation sites (N-methyl/N-ethyl adjacent to an activating group) is 2. The van der Waals surface area contributed by atoms with Crippen LogP contribution in [0.25, 0.3) is 0 Å². The topological polar surface area (TPSA) is 46.9 Å². The molecule has 4 nitrogen and oxygen atoms in total. The predicted molar refractivity (Wildman–Crippen MR) is 62.6 cm³/mol. The Kier molecular flexibility index (Phi) is 25.8. The minimum absolute atomic E-state index is 1.00. The average molecular weight is 208 g/mol. The zero-order valence-electron chi connectivity index (χ0n) is 10.6. The molecule has 0 heterocycles. The monoisotopic (exact) mass is 208 g/mol. The molecule has 0 saturated heterocycles. The first-order valence-corrected chi connectivity index (χ1v) is 4.97. The summed E-state index contributed by atoms with van der Waals surface area (Å²) in [4.78, 5) is 4.65. The summed E-state index contributed by atoms with van der Waals surface area (Å²) in [6, 6.07) is 0. The lowest BCUT2D eigenvalue weighted by Crippen LogP contribution is -2.31. The van der Waals surface area contributed by atoms with Crippen LogP contribution in [0.2, 0.25) is 0 Å². The summed E-state index contributed by atoms with van der Waals surface area (Å²) in [6.07, 6.45) is 0. The fourth-order valence-corrected chi connectivity index (χ4v) is 0.881. The first-order chi connectivity index (χ1) is 6.70. The molecular formula is C10H28N2O2. The molecule has 0 radical (unpaired) electrons. The number of nitrogens with zero attached hydrogens (tertiary/aromatic N) is 2. The molecule has 0 aromatic heterocycles. The highest BCUT2D eigenvalue weighted by Gasteiger charge is 1.97. The SMILES string of the molecule is CCN(CC)CCN(C)C.CO.CO. The molecule has 0 atom stereocenters. The summed E-state index contributed by atoms with van der Waals surface area (Å²) < 4.78 is 0. The van der Waals surface area contributed by atoms with Crippen molar-refractivity contribution < 1.29 is 10.2 Å². The van der Waals surface area contributed by atoms with E-state index in [0.717, 1.165) is 14.2 Å². The van der Waals surface area contributed by atoms with Gasteiger partial charge in [-0.05, 0) is 27.2 Å². The van der Waals surface area contributed by atoms with Crippen LogP contribution in [0, 0.1) is 0 Å². The van der Waals surface area contributed by atoms with Gasteiger partial charge in [0.15, 0.2) is 0 Å². The van der Waals surface area contributed by atoms with E-state index in [0.29, 0.717) is 0 Å². The van der Waals surface area contributed by atoms with E-state index < -0.39 is 0 Å². The van der Waals surface area contributed by atoms with Crippen molar-refractivity contribution in [1.82, 2.24) is 9.80 Å². The maximum absolute atomic E-state index is 7.00. The minimum Gasteiger partial charge on any atom is -0.400 e. The molecule has 0 unspecified atom stereocenters. The van der Waals surface area contributed by atoms with Crippen LogP contribution < -0.4 is 0 Å². The largest absolute Gasteiger partial charge is 0.400 e. The Balaban J connectivity index is -0.000000266. The van der Waals surface area contributed by atoms with Gasteiger partial charge in [0.2, 0.25) is 0 Å². The van der Waals surface area contributed by atoms with Crippen LogP contribution in [-0.4, -0.2) is 74.5 Å². The highest BCUT2D eigenvalue weighted by Crippen LogP contribution is 1.86. The molecular weight excluding hydrogens is 180 g/mol. The molecule has 90 valence electrons. The van der Waals surface area contributed by atoms with Gasteiger partial charge in [0.05, 0.1) is 0 Å². The number of hydrogen-bond donors (Lipinski definition) is 2. The van der Waals surface area contributed by atoms with Crippen molar-refractivity contribution in [3.05, 3.63) is 0 Å². The number of rotatable bonds is 5. The first-order valence-electron chi connectivity index (χ1n) is 4.97. The van der Waals surface area contributed by atoms with E-state index >= 15 is 0 Å². The second-order valence-electron chi connectivity index (χ2n) is 2.83. The third-order valence-corrected chi connectivity index (χ3v) is 1.76. The lowest BCUT2D eigenvalue weighted by molar-refractivity contribution is 0.261. The van der Waals surface area contributed by atoms with Crippen molar-refractivity contribution in [3.63, 3.8) is 0 Å². The second-order valence-corrected chi connectivity index (χ2v) is 2.83. The summed E-state index contributed by atoms with van der Waals surface area (Å²) in [6.45, 7) is 9.12. The summed E-state index contributed by atoms with van der Waals surface area (Å²) in [7, 11) is 6.23. The molecule has 0 saturated carbocycles. The average Bonchev–Trinajstić information content (AvgIpc) is 2.25. The Morgan fingerprint density at radius 1 is 0.786 bits per heavy atom. The molecule has 2 N–H and O–H groups in total. The van der Waals surface area contributed by atoms with Crippen molar-refractivity contribution in [2.24, 2.45) is 0 Å². The van der Waals surface area contributed by atoms with Crippen LogP contribution in [0.1, 0.15) is 13.8 Å². The molecule has 0 amide bonds. The maximum atomic E-state index is 7.00. The van der Waals surface area contributed by atoms with Crippen LogP contribution in [-0.2, 0) is 0 Å². The number of aliphatic hydroxyl groups is 2. The van der Waals surface area contributed by atoms with E-state index in [1.807, 2.05) is 0 Å². The summed E-state index contributed by atoms with van der Waals surface area (Å²) in [5, 5.41) is 14.0. The summed E-state index contributed by atoms with van der Waals surface area (Å²) >= 11 is 0. The fourth-order valence-electron chi connectivity index (χ4n) is 0.881. The molecule has 0 aliphatic carbocycles. The Morgan fingerprint density at radius 2 is 1.14 bits per heavy atom. The van der Waals surface area contributed by atoms with Crippen molar-refractivity contribution in [2.75, 3.05) is 54.5 Å². The predicted octanol–water partition coefficient (Wildman–Crippen LogP) is 0.107. The van der Waals surface area contributed by atoms with Crippen LogP contribution in [0.15, 0.2) is 0 Å². The molecule has 14 heavy (non-hydrogen) atoms. The van der Waals surface area contributed by atoms with E-state index in [1.165, 1.54) is 26.2 Å². The normalized spacial score (nSPS) is 9.00. The molecule has 4 heteroatoms. The van der Waals surface area contributed by atoms with Crippen molar-refractivity contribution in [3.8, 4) is 0 Å². The van der Waals surface area contributed by atoms with Crippen LogP contribution in [0.4, 0.5) is 0 Å². The van der Waals surface area contributed by atoms with Gasteiger partial charge in [-0.15, -0.1) is 0 Å². The third kappa shape index (κ3) is 17.8. The lowest BCUT2D eigenvalue weighted by Gasteiger charge is -2.20. The molecule has 0 fully saturated rings. The smallest absolute Gasteiger partial charge is 0.0319 e. The van der Waals surface area contributed by atoms with Gasteiger partial charge < -0.3 is 20.0 Å². The van der Waals surface area contributed by atoms with Crippen molar-refractivity contribution in [2.45, 2.75) is 13.8 Å². The van der Waals surface area contributed by atoms with Crippen molar-refractivity contribution in [1.29, 1.82) is 0 Å². The molecule has 0 aliphatic rings. The molecule has 0 aromatic carbocycles. The fraction of sp³-hybridized carbons (Fsp3) is 1.00. The van der Waals surface area contributed by atoms with E-state index in [2.05, 4.69) is 37.7 Å². The van der Waals surface area contributed by atoms with Crippen LogP contribution in [0.3, 0.4) is 0 Å². The van der Waals surface area contributed by atoms with Gasteiger partial charge in [0.1, 0.15) is 0 Å². The second kappa shape index (κ2) is 18.6. The summed E-state index contributed by atoms with van der Waals surface area (Å²) in [5.41, 5.74) is 0. The van der Waals surface area contributed by atoms with Gasteiger partial charge >= 0.3 is 0 Å². The highest BCUT2D eigenvalue weighted by molar-refractivity contribution is 4.53. The molecule has 0 bridgehead atoms. The molecule has 0 rings (SSSR count). The van der Waals surface area contributed by atoms with E-state index in [-0.39, 0.29) is 0 Å². The lowest BCUT2D eigenvalue weighted by atomic mass is 10.4. The van der Waals surface area contributed by atoms with Crippen molar-refractivity contribution >= 4 is 0 Å². The molecule has 0 aromatic rings. The maximum Gasteiger partial charge on any atom is 0.0319 e. The zero-order valence-corrected chi connectivity index (χ0v) is 10.6. The molecule has 0 aliphatic heterocycles. The van der Waals surface area contributed by atoms with Gasteiger partial charge in [-0.25, -0.2) is 0 Å². The highest BCUT2D eigenvalue weighted by atomic mass is 16.2. The van der Waals surface area contributed by atoms with Gasteiger partial charge in [-0.1, -0.05) is 13.8 Å². The third-order valence-electron chi connectivity index (χ3n) is 1.76. The first kappa shape index (κ1) is 19.4. The zero-order chi connectivity index (χ0) is 12.0. The molecule has 0 spiro atoms. The van der Waals surface area contributed by atoms with Gasteiger partial charge in [0, 0.05) is 27.3 Å². The number of aliphatic hydroxyl groups excluding tert-OH is 2. The van der Waals surface area contributed by atoms with Gasteiger partial charge in [-0.2, -0.15) is 0 Å². The standard InChI is InChI=1S/C8H20N2.2CH4O/c1-5-10(6-2)8-7-9(3)4;2*1-2/h5-8H2,1-4H3;2*2H,1H3. The van der Waals surface area contributed by atoms with E-state index in [9.17, 15) is 0 Å².